The second-order valence-corrected chi connectivity index (χ2v) is 18.1. The van der Waals surface area contributed by atoms with Crippen LogP contribution in [0.1, 0.15) is 124 Å². The van der Waals surface area contributed by atoms with E-state index in [9.17, 15) is 18.6 Å². The Morgan fingerprint density at radius 1 is 0.854 bits per heavy atom. The lowest BCUT2D eigenvalue weighted by Crippen LogP contribution is -2.54. The second kappa shape index (κ2) is 11.2. The lowest BCUT2D eigenvalue weighted by Gasteiger charge is -2.61. The number of fused-ring (bicyclic) bond motifs is 5. The average Bonchev–Trinajstić information content (AvgIpc) is 3.30. The summed E-state index contributed by atoms with van der Waals surface area (Å²) in [6.07, 6.45) is 16.1. The highest BCUT2D eigenvalue weighted by Crippen LogP contribution is 2.68. The molecule has 5 saturated carbocycles. The van der Waals surface area contributed by atoms with Gasteiger partial charge in [0, 0.05) is 0 Å². The predicted octanol–water partition coefficient (Wildman–Crippen LogP) is 7.96. The third-order valence-electron chi connectivity index (χ3n) is 14.1. The van der Waals surface area contributed by atoms with Crippen LogP contribution in [0.15, 0.2) is 35.2 Å². The van der Waals surface area contributed by atoms with E-state index < -0.39 is 20.7 Å². The maximum atomic E-state index is 14.2. The van der Waals surface area contributed by atoms with Gasteiger partial charge in [0.05, 0.1) is 21.9 Å². The number of aliphatic hydroxyl groups is 2. The van der Waals surface area contributed by atoms with Crippen molar-refractivity contribution in [1.82, 2.24) is 0 Å². The van der Waals surface area contributed by atoms with E-state index in [4.69, 9.17) is 0 Å². The van der Waals surface area contributed by atoms with Crippen molar-refractivity contribution in [2.75, 3.05) is 0 Å². The number of hydrogen-bond donors (Lipinski definition) is 2. The molecule has 0 heterocycles. The van der Waals surface area contributed by atoms with Crippen LogP contribution in [0.5, 0.6) is 0 Å². The summed E-state index contributed by atoms with van der Waals surface area (Å²) in [5.41, 5.74) is -0.319. The summed E-state index contributed by atoms with van der Waals surface area (Å²) < 4.78 is 28.5. The summed E-state index contributed by atoms with van der Waals surface area (Å²) >= 11 is 0. The van der Waals surface area contributed by atoms with Crippen molar-refractivity contribution >= 4 is 9.84 Å². The molecule has 2 N–H and O–H groups in total. The van der Waals surface area contributed by atoms with Crippen molar-refractivity contribution in [3.63, 3.8) is 0 Å². The number of hydrogen-bond acceptors (Lipinski definition) is 4. The zero-order valence-electron chi connectivity index (χ0n) is 25.9. The number of aliphatic hydroxyl groups excluding tert-OH is 1. The minimum absolute atomic E-state index is 0.107. The van der Waals surface area contributed by atoms with Gasteiger partial charge < -0.3 is 10.2 Å². The molecule has 9 unspecified atom stereocenters. The van der Waals surface area contributed by atoms with E-state index in [1.165, 1.54) is 38.5 Å². The molecule has 0 spiro atoms. The van der Waals surface area contributed by atoms with Gasteiger partial charge in [-0.25, -0.2) is 8.42 Å². The molecule has 230 valence electrons. The summed E-state index contributed by atoms with van der Waals surface area (Å²) in [6, 6.07) is 9.06. The van der Waals surface area contributed by atoms with E-state index in [-0.39, 0.29) is 11.5 Å². The van der Waals surface area contributed by atoms with Crippen LogP contribution in [0.25, 0.3) is 0 Å². The maximum Gasteiger partial charge on any atom is 0.181 e. The van der Waals surface area contributed by atoms with Gasteiger partial charge in [-0.15, -0.1) is 0 Å². The Kier molecular flexibility index (Phi) is 8.25. The minimum Gasteiger partial charge on any atom is -0.393 e. The Labute approximate surface area is 250 Å². The van der Waals surface area contributed by atoms with E-state index in [1.54, 1.807) is 12.1 Å². The Balaban J connectivity index is 1.24. The van der Waals surface area contributed by atoms with Crippen LogP contribution in [-0.2, 0) is 9.84 Å². The first-order valence-corrected chi connectivity index (χ1v) is 18.7. The summed E-state index contributed by atoms with van der Waals surface area (Å²) in [6.45, 7) is 7.29. The first-order valence-electron chi connectivity index (χ1n) is 17.2. The van der Waals surface area contributed by atoms with Gasteiger partial charge >= 0.3 is 0 Å². The standard InChI is InChI=1S/C36H56O4S/c1-4-25-14-20-36(38,21-15-25)24-30(41(39,40)29-8-6-5-7-9-29)23-27-11-13-32-31-12-10-26-22-28(37)16-18-34(26,2)33(31)17-19-35(27,32)3/h5-9,25-28,30-33,37-38H,4,10-24H2,1-3H3. The van der Waals surface area contributed by atoms with Gasteiger partial charge in [0.15, 0.2) is 9.84 Å². The highest BCUT2D eigenvalue weighted by atomic mass is 32.2. The molecule has 1 aromatic carbocycles. The van der Waals surface area contributed by atoms with Crippen LogP contribution in [0.4, 0.5) is 0 Å². The third-order valence-corrected chi connectivity index (χ3v) is 16.3. The van der Waals surface area contributed by atoms with E-state index in [0.717, 1.165) is 63.2 Å². The van der Waals surface area contributed by atoms with Gasteiger partial charge in [0.1, 0.15) is 0 Å². The van der Waals surface area contributed by atoms with Crippen LogP contribution < -0.4 is 0 Å². The predicted molar refractivity (Wildman–Crippen MR) is 165 cm³/mol. The highest BCUT2D eigenvalue weighted by Gasteiger charge is 2.60. The summed E-state index contributed by atoms with van der Waals surface area (Å²) in [5, 5.41) is 21.6. The smallest absolute Gasteiger partial charge is 0.181 e. The van der Waals surface area contributed by atoms with Gasteiger partial charge in [-0.3, -0.25) is 0 Å². The van der Waals surface area contributed by atoms with Crippen LogP contribution in [0, 0.1) is 46.3 Å². The topological polar surface area (TPSA) is 74.6 Å². The number of rotatable bonds is 7. The first-order chi connectivity index (χ1) is 19.5. The molecule has 4 nitrogen and oxygen atoms in total. The normalized spacial score (nSPS) is 45.3. The molecule has 0 aliphatic heterocycles. The van der Waals surface area contributed by atoms with Crippen LogP contribution >= 0.6 is 0 Å². The average molecular weight is 585 g/mol. The van der Waals surface area contributed by atoms with E-state index in [0.29, 0.717) is 46.8 Å². The van der Waals surface area contributed by atoms with Gasteiger partial charge in [-0.05, 0) is 155 Å². The quantitative estimate of drug-likeness (QED) is 0.341. The maximum absolute atomic E-state index is 14.2. The number of benzene rings is 1. The van der Waals surface area contributed by atoms with Gasteiger partial charge in [0.2, 0.25) is 0 Å². The lowest BCUT2D eigenvalue weighted by atomic mass is 9.44. The third kappa shape index (κ3) is 5.37. The van der Waals surface area contributed by atoms with Gasteiger partial charge in [-0.2, -0.15) is 0 Å². The molecule has 5 fully saturated rings. The second-order valence-electron chi connectivity index (χ2n) is 15.9. The summed E-state index contributed by atoms with van der Waals surface area (Å²) in [4.78, 5) is 0.421. The van der Waals surface area contributed by atoms with Crippen LogP contribution in [0.3, 0.4) is 0 Å². The van der Waals surface area contributed by atoms with Gasteiger partial charge in [-0.1, -0.05) is 45.4 Å². The Morgan fingerprint density at radius 2 is 1.54 bits per heavy atom. The lowest BCUT2D eigenvalue weighted by molar-refractivity contribution is -0.127. The van der Waals surface area contributed by atoms with Gasteiger partial charge in [0.25, 0.3) is 0 Å². The van der Waals surface area contributed by atoms with Crippen molar-refractivity contribution in [2.24, 2.45) is 46.3 Å². The number of sulfone groups is 1. The van der Waals surface area contributed by atoms with Crippen molar-refractivity contribution in [3.05, 3.63) is 30.3 Å². The molecule has 5 aliphatic carbocycles. The summed E-state index contributed by atoms with van der Waals surface area (Å²) in [5.74, 6) is 3.90. The summed E-state index contributed by atoms with van der Waals surface area (Å²) in [7, 11) is -3.55. The highest BCUT2D eigenvalue weighted by molar-refractivity contribution is 7.92. The first kappa shape index (κ1) is 30.1. The SMILES string of the molecule is CCC1CCC(O)(CC(CC2CCC3C4CCC5CC(O)CCC5(C)C4CCC23C)S(=O)(=O)c2ccccc2)CC1. The molecule has 5 aliphatic rings. The fourth-order valence-corrected chi connectivity index (χ4v) is 13.4. The van der Waals surface area contributed by atoms with Crippen molar-refractivity contribution in [3.8, 4) is 0 Å². The molecule has 0 bridgehead atoms. The minimum atomic E-state index is -3.55. The molecule has 0 amide bonds. The van der Waals surface area contributed by atoms with E-state index in [1.807, 2.05) is 18.2 Å². The molecule has 41 heavy (non-hydrogen) atoms. The van der Waals surface area contributed by atoms with Crippen LogP contribution in [0.2, 0.25) is 0 Å². The molecular formula is C36H56O4S. The Bertz CT molecular complexity index is 1160. The molecule has 0 saturated heterocycles. The largest absolute Gasteiger partial charge is 0.393 e. The molecule has 5 heteroatoms. The molecule has 0 aromatic heterocycles. The Morgan fingerprint density at radius 3 is 2.24 bits per heavy atom. The molecule has 1 aromatic rings. The fourth-order valence-electron chi connectivity index (χ4n) is 11.4. The molecule has 9 atom stereocenters. The van der Waals surface area contributed by atoms with E-state index >= 15 is 0 Å². The molecule has 0 radical (unpaired) electrons. The monoisotopic (exact) mass is 584 g/mol. The fraction of sp³-hybridized carbons (Fsp3) is 0.833. The molecular weight excluding hydrogens is 528 g/mol. The van der Waals surface area contributed by atoms with Crippen molar-refractivity contribution < 1.29 is 18.6 Å². The van der Waals surface area contributed by atoms with Crippen molar-refractivity contribution in [2.45, 2.75) is 145 Å². The van der Waals surface area contributed by atoms with Crippen molar-refractivity contribution in [1.29, 1.82) is 0 Å². The molecule has 6 rings (SSSR count). The van der Waals surface area contributed by atoms with Crippen LogP contribution in [-0.4, -0.2) is 35.6 Å². The Hall–Kier alpha value is -0.910. The zero-order chi connectivity index (χ0) is 29.0. The zero-order valence-corrected chi connectivity index (χ0v) is 26.8. The van der Waals surface area contributed by atoms with E-state index in [2.05, 4.69) is 20.8 Å².